The van der Waals surface area contributed by atoms with Crippen LogP contribution in [0.5, 0.6) is 0 Å². The van der Waals surface area contributed by atoms with Crippen molar-refractivity contribution < 1.29 is 24.5 Å². The number of carbonyl (C=O) groups is 2. The zero-order valence-corrected chi connectivity index (χ0v) is 21.9. The fourth-order valence-corrected chi connectivity index (χ4v) is 11.6. The highest BCUT2D eigenvalue weighted by molar-refractivity contribution is 5.86. The molecule has 0 radical (unpaired) electrons. The van der Waals surface area contributed by atoms with Gasteiger partial charge in [0.15, 0.2) is 5.78 Å². The van der Waals surface area contributed by atoms with E-state index in [9.17, 15) is 19.8 Å². The maximum Gasteiger partial charge on any atom is 0.315 e. The number of aliphatic hydroxyl groups excluding tert-OH is 1. The summed E-state index contributed by atoms with van der Waals surface area (Å²) in [5.74, 6) is -0.560. The second-order valence-electron chi connectivity index (χ2n) is 14.5. The van der Waals surface area contributed by atoms with Crippen molar-refractivity contribution in [2.75, 3.05) is 0 Å². The summed E-state index contributed by atoms with van der Waals surface area (Å²) < 4.78 is 5.70. The summed E-state index contributed by atoms with van der Waals surface area (Å²) >= 11 is 0. The molecule has 1 heterocycles. The van der Waals surface area contributed by atoms with Crippen molar-refractivity contribution in [2.24, 2.45) is 56.7 Å². The van der Waals surface area contributed by atoms with E-state index in [1.807, 2.05) is 13.8 Å². The second kappa shape index (κ2) is 6.49. The van der Waals surface area contributed by atoms with Gasteiger partial charge < -0.3 is 14.9 Å². The zero-order chi connectivity index (χ0) is 24.7. The number of fused-ring (bicyclic) bond motifs is 7. The first-order chi connectivity index (χ1) is 15.7. The highest BCUT2D eigenvalue weighted by Gasteiger charge is 2.77. The van der Waals surface area contributed by atoms with Crippen molar-refractivity contribution in [2.45, 2.75) is 111 Å². The number of esters is 1. The molecule has 6 rings (SSSR count). The Hall–Kier alpha value is -0.940. The summed E-state index contributed by atoms with van der Waals surface area (Å²) in [5, 5.41) is 22.2. The van der Waals surface area contributed by atoms with Crippen LogP contribution >= 0.6 is 0 Å². The number of ether oxygens (including phenoxy) is 1. The van der Waals surface area contributed by atoms with Crippen molar-refractivity contribution in [1.29, 1.82) is 0 Å². The Morgan fingerprint density at radius 1 is 0.794 bits per heavy atom. The molecule has 6 fully saturated rings. The maximum atomic E-state index is 13.4. The zero-order valence-electron chi connectivity index (χ0n) is 21.9. The summed E-state index contributed by atoms with van der Waals surface area (Å²) in [6.45, 7) is 13.7. The summed E-state index contributed by atoms with van der Waals surface area (Å²) in [6, 6.07) is 0. The van der Waals surface area contributed by atoms with Gasteiger partial charge in [-0.3, -0.25) is 9.59 Å². The molecule has 2 N–H and O–H groups in total. The number of ketones is 1. The Labute approximate surface area is 204 Å². The van der Waals surface area contributed by atoms with E-state index < -0.39 is 17.3 Å². The number of aliphatic hydroxyl groups is 2. The molecule has 12 unspecified atom stereocenters. The molecule has 0 aromatic carbocycles. The van der Waals surface area contributed by atoms with Crippen LogP contribution in [0.3, 0.4) is 0 Å². The number of hydrogen-bond donors (Lipinski definition) is 2. The van der Waals surface area contributed by atoms with Gasteiger partial charge in [-0.1, -0.05) is 41.5 Å². The van der Waals surface area contributed by atoms with Gasteiger partial charge in [0.1, 0.15) is 6.10 Å². The van der Waals surface area contributed by atoms with Crippen molar-refractivity contribution in [3.8, 4) is 0 Å². The van der Waals surface area contributed by atoms with Gasteiger partial charge >= 0.3 is 5.97 Å². The van der Waals surface area contributed by atoms with Gasteiger partial charge in [-0.05, 0) is 85.4 Å². The smallest absolute Gasteiger partial charge is 0.315 e. The quantitative estimate of drug-likeness (QED) is 0.491. The average Bonchev–Trinajstić information content (AvgIpc) is 2.88. The van der Waals surface area contributed by atoms with Gasteiger partial charge in [-0.25, -0.2) is 0 Å². The first-order valence-electron chi connectivity index (χ1n) is 13.9. The number of rotatable bonds is 0. The van der Waals surface area contributed by atoms with E-state index in [4.69, 9.17) is 4.74 Å². The highest BCUT2D eigenvalue weighted by Crippen LogP contribution is 2.79. The van der Waals surface area contributed by atoms with Crippen LogP contribution in [0.1, 0.15) is 99.3 Å². The Balaban J connectivity index is 1.42. The summed E-state index contributed by atoms with van der Waals surface area (Å²) in [7, 11) is 0. The van der Waals surface area contributed by atoms with Crippen molar-refractivity contribution in [3.63, 3.8) is 0 Å². The van der Waals surface area contributed by atoms with Gasteiger partial charge in [0.05, 0.1) is 5.41 Å². The molecule has 5 nitrogen and oxygen atoms in total. The Kier molecular flexibility index (Phi) is 4.47. The van der Waals surface area contributed by atoms with E-state index in [1.54, 1.807) is 0 Å². The third-order valence-electron chi connectivity index (χ3n) is 13.9. The molecule has 2 bridgehead atoms. The maximum absolute atomic E-state index is 13.4. The minimum absolute atomic E-state index is 0.0356. The predicted octanol–water partition coefficient (Wildman–Crippen LogP) is 4.87. The SMILES string of the molecule is CC1CC2C(C)(CCC3(C)C4CCC56C(=O)OC(O)(CCC5C4(C)CCC23C)C6C)C(O)C1=O. The van der Waals surface area contributed by atoms with E-state index in [0.29, 0.717) is 18.3 Å². The lowest BCUT2D eigenvalue weighted by molar-refractivity contribution is -0.270. The molecule has 34 heavy (non-hydrogen) atoms. The largest absolute Gasteiger partial charge is 0.432 e. The van der Waals surface area contributed by atoms with Crippen LogP contribution in [0, 0.1) is 56.7 Å². The van der Waals surface area contributed by atoms with Gasteiger partial charge in [0.2, 0.25) is 5.79 Å². The lowest BCUT2D eigenvalue weighted by Crippen LogP contribution is -2.70. The normalized spacial score (nSPS) is 62.7. The second-order valence-corrected chi connectivity index (χ2v) is 14.5. The van der Waals surface area contributed by atoms with Crippen LogP contribution in [-0.4, -0.2) is 33.9 Å². The fraction of sp³-hybridized carbons (Fsp3) is 0.931. The van der Waals surface area contributed by atoms with Crippen LogP contribution < -0.4 is 0 Å². The van der Waals surface area contributed by atoms with Crippen LogP contribution in [0.15, 0.2) is 0 Å². The molecular weight excluding hydrogens is 428 g/mol. The Bertz CT molecular complexity index is 962. The standard InChI is InChI=1S/C29H44O5/c1-16-15-20-25(4,22(31)21(16)30)12-14-26(5)18-7-9-28-17(2)29(33,34-23(28)32)10-8-19(28)24(18,3)11-13-27(20,26)6/h16-20,22,31,33H,7-15H2,1-6H3. The molecule has 5 saturated carbocycles. The van der Waals surface area contributed by atoms with E-state index >= 15 is 0 Å². The molecular formula is C29H44O5. The Morgan fingerprint density at radius 2 is 1.38 bits per heavy atom. The molecule has 5 aliphatic carbocycles. The number of hydrogen-bond acceptors (Lipinski definition) is 5. The molecule has 1 saturated heterocycles. The third-order valence-corrected chi connectivity index (χ3v) is 13.9. The van der Waals surface area contributed by atoms with Crippen LogP contribution in [0.2, 0.25) is 0 Å². The number of carbonyl (C=O) groups excluding carboxylic acids is 2. The molecule has 0 amide bonds. The van der Waals surface area contributed by atoms with E-state index in [1.165, 1.54) is 0 Å². The third kappa shape index (κ3) is 2.28. The fourth-order valence-electron chi connectivity index (χ4n) is 11.6. The molecule has 12 atom stereocenters. The minimum atomic E-state index is -1.28. The molecule has 0 aromatic heterocycles. The molecule has 0 aromatic rings. The molecule has 1 aliphatic heterocycles. The predicted molar refractivity (Wildman–Crippen MR) is 127 cm³/mol. The topological polar surface area (TPSA) is 83.8 Å². The van der Waals surface area contributed by atoms with E-state index in [0.717, 1.165) is 51.4 Å². The van der Waals surface area contributed by atoms with Gasteiger partial charge in [0.25, 0.3) is 0 Å². The summed E-state index contributed by atoms with van der Waals surface area (Å²) in [4.78, 5) is 26.2. The summed E-state index contributed by atoms with van der Waals surface area (Å²) in [6.07, 6.45) is 7.31. The van der Waals surface area contributed by atoms with Crippen LogP contribution in [-0.2, 0) is 14.3 Å². The monoisotopic (exact) mass is 472 g/mol. The molecule has 1 spiro atoms. The minimum Gasteiger partial charge on any atom is -0.432 e. The lowest BCUT2D eigenvalue weighted by Gasteiger charge is -2.74. The molecule has 6 aliphatic rings. The average molecular weight is 473 g/mol. The molecule has 5 heteroatoms. The molecule has 190 valence electrons. The first-order valence-corrected chi connectivity index (χ1v) is 13.9. The van der Waals surface area contributed by atoms with Crippen molar-refractivity contribution >= 4 is 11.8 Å². The van der Waals surface area contributed by atoms with Gasteiger partial charge in [0, 0.05) is 23.7 Å². The van der Waals surface area contributed by atoms with E-state index in [-0.39, 0.29) is 51.2 Å². The summed E-state index contributed by atoms with van der Waals surface area (Å²) in [5.41, 5.74) is -0.694. The lowest BCUT2D eigenvalue weighted by atomic mass is 9.30. The van der Waals surface area contributed by atoms with Gasteiger partial charge in [-0.15, -0.1) is 0 Å². The van der Waals surface area contributed by atoms with Gasteiger partial charge in [-0.2, -0.15) is 0 Å². The number of Topliss-reactive ketones (excluding diaryl/α,β-unsaturated/α-hetero) is 1. The van der Waals surface area contributed by atoms with Crippen LogP contribution in [0.25, 0.3) is 0 Å². The van der Waals surface area contributed by atoms with Crippen molar-refractivity contribution in [3.05, 3.63) is 0 Å². The van der Waals surface area contributed by atoms with E-state index in [2.05, 4.69) is 27.7 Å². The van der Waals surface area contributed by atoms with Crippen LogP contribution in [0.4, 0.5) is 0 Å². The van der Waals surface area contributed by atoms with Crippen molar-refractivity contribution in [1.82, 2.24) is 0 Å². The highest BCUT2D eigenvalue weighted by atomic mass is 16.7. The Morgan fingerprint density at radius 3 is 2.06 bits per heavy atom. The first kappa shape index (κ1) is 23.5.